The molecule has 0 unspecified atom stereocenters. The average molecular weight is 683 g/mol. The zero-order valence-electron chi connectivity index (χ0n) is 31.9. The highest BCUT2D eigenvalue weighted by atomic mass is 28.4. The standard InChI is InChI=1S/C37H70O7Si2/c1-27(2)17-15-18-33(44-46(13,14)37(7,8)9)26-31-22-21-28(3)34(42-31)25-30(39)23-29(38)24-32(19-16-20-35(40)41-10)43-45(11,12)36(4,5)6/h15-16,18,20,27-29,31-34,38H,17,19,21-26H2,1-14H3/b18-15+,20-16+/t28-,29+,31-,32-,33-,34+/m0/s1. The maximum absolute atomic E-state index is 13.3. The molecule has 0 spiro atoms. The van der Waals surface area contributed by atoms with Gasteiger partial charge in [-0.2, -0.15) is 0 Å². The second-order valence-electron chi connectivity index (χ2n) is 17.1. The summed E-state index contributed by atoms with van der Waals surface area (Å²) >= 11 is 0. The smallest absolute Gasteiger partial charge is 0.330 e. The quantitative estimate of drug-likeness (QED) is 0.0667. The number of carbonyl (C=O) groups is 2. The number of aliphatic hydroxyl groups is 1. The van der Waals surface area contributed by atoms with Gasteiger partial charge in [0.15, 0.2) is 16.6 Å². The maximum atomic E-state index is 13.3. The Morgan fingerprint density at radius 3 is 2.07 bits per heavy atom. The molecule has 1 saturated heterocycles. The molecule has 1 N–H and O–H groups in total. The lowest BCUT2D eigenvalue weighted by atomic mass is 9.88. The molecular weight excluding hydrogens is 613 g/mol. The van der Waals surface area contributed by atoms with Gasteiger partial charge in [-0.25, -0.2) is 4.79 Å². The van der Waals surface area contributed by atoms with Gasteiger partial charge >= 0.3 is 5.97 Å². The zero-order valence-corrected chi connectivity index (χ0v) is 33.9. The summed E-state index contributed by atoms with van der Waals surface area (Å²) in [6.45, 7) is 28.8. The summed E-state index contributed by atoms with van der Waals surface area (Å²) in [4.78, 5) is 24.9. The van der Waals surface area contributed by atoms with Crippen molar-refractivity contribution in [3.63, 3.8) is 0 Å². The molecule has 46 heavy (non-hydrogen) atoms. The number of ether oxygens (including phenoxy) is 2. The van der Waals surface area contributed by atoms with Gasteiger partial charge in [0.1, 0.15) is 5.78 Å². The highest BCUT2D eigenvalue weighted by molar-refractivity contribution is 6.74. The summed E-state index contributed by atoms with van der Waals surface area (Å²) in [5.74, 6) is 0.442. The Morgan fingerprint density at radius 2 is 1.52 bits per heavy atom. The van der Waals surface area contributed by atoms with Crippen LogP contribution in [0.3, 0.4) is 0 Å². The van der Waals surface area contributed by atoms with Crippen molar-refractivity contribution in [2.75, 3.05) is 7.11 Å². The number of carbonyl (C=O) groups excluding carboxylic acids is 2. The molecule has 1 aliphatic heterocycles. The third-order valence-electron chi connectivity index (χ3n) is 10.2. The van der Waals surface area contributed by atoms with Crippen molar-refractivity contribution in [3.05, 3.63) is 24.3 Å². The summed E-state index contributed by atoms with van der Waals surface area (Å²) < 4.78 is 24.8. The minimum atomic E-state index is -2.14. The van der Waals surface area contributed by atoms with Crippen molar-refractivity contribution < 1.29 is 33.0 Å². The molecule has 0 amide bonds. The molecule has 1 aliphatic rings. The summed E-state index contributed by atoms with van der Waals surface area (Å²) in [5.41, 5.74) is 0. The average Bonchev–Trinajstić information content (AvgIpc) is 2.88. The molecule has 0 aromatic carbocycles. The molecule has 1 fully saturated rings. The molecule has 0 aromatic rings. The van der Waals surface area contributed by atoms with Gasteiger partial charge in [-0.3, -0.25) is 4.79 Å². The van der Waals surface area contributed by atoms with E-state index in [4.69, 9.17) is 18.3 Å². The van der Waals surface area contributed by atoms with Gasteiger partial charge < -0.3 is 23.4 Å². The Kier molecular flexibility index (Phi) is 17.4. The molecule has 0 saturated carbocycles. The first-order valence-electron chi connectivity index (χ1n) is 17.6. The van der Waals surface area contributed by atoms with Crippen LogP contribution in [0.5, 0.6) is 0 Å². The second-order valence-corrected chi connectivity index (χ2v) is 26.6. The number of rotatable bonds is 18. The van der Waals surface area contributed by atoms with Crippen LogP contribution in [0.4, 0.5) is 0 Å². The van der Waals surface area contributed by atoms with Crippen LogP contribution in [-0.4, -0.2) is 71.1 Å². The summed E-state index contributed by atoms with van der Waals surface area (Å²) in [6.07, 6.45) is 11.2. The van der Waals surface area contributed by atoms with Crippen LogP contribution >= 0.6 is 0 Å². The fourth-order valence-electron chi connectivity index (χ4n) is 5.12. The van der Waals surface area contributed by atoms with Gasteiger partial charge in [0.2, 0.25) is 0 Å². The van der Waals surface area contributed by atoms with Gasteiger partial charge in [0.05, 0.1) is 37.6 Å². The van der Waals surface area contributed by atoms with Crippen molar-refractivity contribution in [2.45, 2.75) is 180 Å². The minimum Gasteiger partial charge on any atom is -0.466 e. The Bertz CT molecular complexity index is 991. The van der Waals surface area contributed by atoms with Gasteiger partial charge in [-0.05, 0) is 80.2 Å². The number of hydrogen-bond donors (Lipinski definition) is 1. The van der Waals surface area contributed by atoms with Crippen LogP contribution in [0, 0.1) is 11.8 Å². The van der Waals surface area contributed by atoms with E-state index in [9.17, 15) is 14.7 Å². The van der Waals surface area contributed by atoms with Gasteiger partial charge in [0.25, 0.3) is 0 Å². The van der Waals surface area contributed by atoms with Crippen molar-refractivity contribution in [1.29, 1.82) is 0 Å². The van der Waals surface area contributed by atoms with E-state index < -0.39 is 28.7 Å². The summed E-state index contributed by atoms with van der Waals surface area (Å²) in [6, 6.07) is 0. The van der Waals surface area contributed by atoms with Crippen LogP contribution < -0.4 is 0 Å². The molecule has 6 atom stereocenters. The topological polar surface area (TPSA) is 91.3 Å². The third kappa shape index (κ3) is 15.4. The fraction of sp³-hybridized carbons (Fsp3) is 0.838. The van der Waals surface area contributed by atoms with Gasteiger partial charge in [0, 0.05) is 25.3 Å². The molecule has 0 aliphatic carbocycles. The first-order valence-corrected chi connectivity index (χ1v) is 23.4. The molecule has 0 bridgehead atoms. The highest BCUT2D eigenvalue weighted by Gasteiger charge is 2.41. The van der Waals surface area contributed by atoms with Crippen LogP contribution in [0.2, 0.25) is 36.3 Å². The number of Topliss-reactive ketones (excluding diaryl/α,β-unsaturated/α-hetero) is 1. The van der Waals surface area contributed by atoms with Gasteiger partial charge in [-0.1, -0.05) is 80.5 Å². The predicted octanol–water partition coefficient (Wildman–Crippen LogP) is 9.16. The van der Waals surface area contributed by atoms with Crippen molar-refractivity contribution in [3.8, 4) is 0 Å². The number of ketones is 1. The minimum absolute atomic E-state index is 0.00656. The lowest BCUT2D eigenvalue weighted by Crippen LogP contribution is -2.45. The number of hydrogen-bond acceptors (Lipinski definition) is 7. The molecule has 0 radical (unpaired) electrons. The lowest BCUT2D eigenvalue weighted by Gasteiger charge is -2.41. The largest absolute Gasteiger partial charge is 0.466 e. The molecule has 7 nitrogen and oxygen atoms in total. The number of allylic oxidation sites excluding steroid dienone is 1. The van der Waals surface area contributed by atoms with E-state index in [0.29, 0.717) is 25.2 Å². The van der Waals surface area contributed by atoms with E-state index >= 15 is 0 Å². The fourth-order valence-corrected chi connectivity index (χ4v) is 7.78. The van der Waals surface area contributed by atoms with Crippen LogP contribution in [0.1, 0.15) is 114 Å². The number of methoxy groups -OCH3 is 1. The lowest BCUT2D eigenvalue weighted by molar-refractivity contribution is -0.135. The van der Waals surface area contributed by atoms with E-state index in [-0.39, 0.29) is 52.6 Å². The molecule has 1 rings (SSSR count). The van der Waals surface area contributed by atoms with Crippen molar-refractivity contribution >= 4 is 28.4 Å². The Hall–Kier alpha value is -1.11. The number of aliphatic hydroxyl groups excluding tert-OH is 1. The Morgan fingerprint density at radius 1 is 0.935 bits per heavy atom. The van der Waals surface area contributed by atoms with Crippen LogP contribution in [0.25, 0.3) is 0 Å². The maximum Gasteiger partial charge on any atom is 0.330 e. The summed E-state index contributed by atoms with van der Waals surface area (Å²) in [7, 11) is -2.78. The summed E-state index contributed by atoms with van der Waals surface area (Å²) in [5, 5.41) is 11.1. The first kappa shape index (κ1) is 42.9. The first-order chi connectivity index (χ1) is 21.0. The van der Waals surface area contributed by atoms with Crippen LogP contribution in [-0.2, 0) is 27.9 Å². The third-order valence-corrected chi connectivity index (χ3v) is 19.2. The van der Waals surface area contributed by atoms with E-state index in [1.165, 1.54) is 13.2 Å². The molecule has 268 valence electrons. The zero-order chi connectivity index (χ0) is 35.5. The molecule has 9 heteroatoms. The molecule has 1 heterocycles. The Balaban J connectivity index is 2.92. The van der Waals surface area contributed by atoms with Crippen LogP contribution in [0.15, 0.2) is 24.3 Å². The van der Waals surface area contributed by atoms with E-state index in [0.717, 1.165) is 25.7 Å². The van der Waals surface area contributed by atoms with E-state index in [1.807, 2.05) is 0 Å². The van der Waals surface area contributed by atoms with Crippen molar-refractivity contribution in [2.24, 2.45) is 11.8 Å². The van der Waals surface area contributed by atoms with Gasteiger partial charge in [-0.15, -0.1) is 0 Å². The second kappa shape index (κ2) is 18.6. The van der Waals surface area contributed by atoms with Crippen molar-refractivity contribution in [1.82, 2.24) is 0 Å². The number of esters is 1. The van der Waals surface area contributed by atoms with E-state index in [2.05, 4.69) is 101 Å². The SMILES string of the molecule is COC(=O)/C=C/C[C@@H](C[C@H](O)CC(=O)C[C@H]1O[C@H](C[C@H](/C=C/CC(C)C)O[Si](C)(C)C(C)(C)C)CC[C@@H]1C)O[Si](C)(C)C(C)(C)C. The molecular formula is C37H70O7Si2. The molecule has 0 aromatic heterocycles. The van der Waals surface area contributed by atoms with E-state index in [1.54, 1.807) is 6.08 Å². The highest BCUT2D eigenvalue weighted by Crippen LogP contribution is 2.40. The monoisotopic (exact) mass is 682 g/mol. The normalized spacial score (nSPS) is 22.4. The Labute approximate surface area is 284 Å². The predicted molar refractivity (Wildman–Crippen MR) is 195 cm³/mol.